The molecule has 4 aromatic rings. The number of likely N-dealkylation sites (tertiary alicyclic amines) is 1. The lowest BCUT2D eigenvalue weighted by Crippen LogP contribution is -2.56. The molecule has 1 N–H and O–H groups in total. The summed E-state index contributed by atoms with van der Waals surface area (Å²) in [5, 5.41) is 0.709. The number of nitrogens with zero attached hydrogens (tertiary/aromatic N) is 2. The first-order valence-corrected chi connectivity index (χ1v) is 13.0. The predicted molar refractivity (Wildman–Crippen MR) is 139 cm³/mol. The molecule has 1 fully saturated rings. The molecule has 1 amide bonds. The number of anilines is 1. The minimum absolute atomic E-state index is 0.0504. The number of pyridine rings is 1. The van der Waals surface area contributed by atoms with Crippen LogP contribution >= 0.6 is 0 Å². The van der Waals surface area contributed by atoms with Crippen molar-refractivity contribution in [3.05, 3.63) is 84.6 Å². The molecule has 10 heteroatoms. The first kappa shape index (κ1) is 24.4. The summed E-state index contributed by atoms with van der Waals surface area (Å²) >= 11 is 0. The van der Waals surface area contributed by atoms with Crippen LogP contribution in [0.5, 0.6) is 17.2 Å². The number of carbonyl (C=O) groups is 1. The average molecular weight is 520 g/mol. The van der Waals surface area contributed by atoms with E-state index in [1.807, 2.05) is 24.3 Å². The second-order valence-electron chi connectivity index (χ2n) is 8.45. The van der Waals surface area contributed by atoms with Crippen molar-refractivity contribution in [3.63, 3.8) is 0 Å². The van der Waals surface area contributed by atoms with Crippen LogP contribution in [0.2, 0.25) is 0 Å². The molecule has 190 valence electrons. The Kier molecular flexibility index (Phi) is 6.58. The standard InChI is InChI=1S/C27H25N3O6S/c1-34-22-9-3-4-10-23(22)36-20-16-30(17-20)27(31)19-12-13-21(24(15-19)35-2)29-37(32,33)25-11-5-7-18-8-6-14-28-26(18)25/h3-15,20,29H,16-17H2,1-2H3. The largest absolute Gasteiger partial charge is 0.495 e. The summed E-state index contributed by atoms with van der Waals surface area (Å²) in [6, 6.07) is 20.5. The molecule has 0 radical (unpaired) electrons. The lowest BCUT2D eigenvalue weighted by molar-refractivity contribution is 0.0168. The summed E-state index contributed by atoms with van der Waals surface area (Å²) in [7, 11) is -0.976. The molecule has 5 rings (SSSR count). The fourth-order valence-electron chi connectivity index (χ4n) is 4.16. The molecule has 9 nitrogen and oxygen atoms in total. The summed E-state index contributed by atoms with van der Waals surface area (Å²) in [5.74, 6) is 1.28. The third-order valence-corrected chi connectivity index (χ3v) is 7.47. The first-order chi connectivity index (χ1) is 17.9. The zero-order valence-electron chi connectivity index (χ0n) is 20.2. The van der Waals surface area contributed by atoms with Crippen LogP contribution in [0.15, 0.2) is 83.9 Å². The van der Waals surface area contributed by atoms with Crippen LogP contribution in [0.1, 0.15) is 10.4 Å². The van der Waals surface area contributed by atoms with Crippen molar-refractivity contribution in [2.75, 3.05) is 32.0 Å². The maximum Gasteiger partial charge on any atom is 0.264 e. The van der Waals surface area contributed by atoms with Gasteiger partial charge in [-0.25, -0.2) is 8.42 Å². The molecule has 0 aliphatic carbocycles. The number of amides is 1. The van der Waals surface area contributed by atoms with Crippen LogP contribution in [0.3, 0.4) is 0 Å². The Bertz CT molecular complexity index is 1560. The molecule has 1 aliphatic heterocycles. The van der Waals surface area contributed by atoms with Crippen molar-refractivity contribution >= 4 is 32.5 Å². The van der Waals surface area contributed by atoms with Crippen LogP contribution in [0, 0.1) is 0 Å². The molecular formula is C27H25N3O6S. The minimum Gasteiger partial charge on any atom is -0.495 e. The van der Waals surface area contributed by atoms with Crippen molar-refractivity contribution in [2.24, 2.45) is 0 Å². The van der Waals surface area contributed by atoms with Crippen LogP contribution in [0.4, 0.5) is 5.69 Å². The van der Waals surface area contributed by atoms with E-state index in [1.165, 1.54) is 25.3 Å². The number of rotatable bonds is 8. The van der Waals surface area contributed by atoms with Gasteiger partial charge in [0.25, 0.3) is 15.9 Å². The maximum absolute atomic E-state index is 13.2. The van der Waals surface area contributed by atoms with Crippen LogP contribution in [-0.2, 0) is 10.0 Å². The van der Waals surface area contributed by atoms with Gasteiger partial charge in [-0.3, -0.25) is 14.5 Å². The number of carbonyl (C=O) groups excluding carboxylic acids is 1. The number of aromatic nitrogens is 1. The Labute approximate surface area is 214 Å². The van der Waals surface area contributed by atoms with E-state index in [0.717, 1.165) is 0 Å². The third kappa shape index (κ3) is 4.88. The van der Waals surface area contributed by atoms with Crippen molar-refractivity contribution in [1.29, 1.82) is 0 Å². The molecule has 3 aromatic carbocycles. The van der Waals surface area contributed by atoms with Crippen LogP contribution < -0.4 is 18.9 Å². The predicted octanol–water partition coefficient (Wildman–Crippen LogP) is 3.96. The zero-order chi connectivity index (χ0) is 26.0. The molecule has 37 heavy (non-hydrogen) atoms. The van der Waals surface area contributed by atoms with E-state index in [9.17, 15) is 13.2 Å². The smallest absolute Gasteiger partial charge is 0.264 e. The van der Waals surface area contributed by atoms with Crippen LogP contribution in [-0.4, -0.2) is 57.6 Å². The van der Waals surface area contributed by atoms with Crippen molar-refractivity contribution in [3.8, 4) is 17.2 Å². The highest BCUT2D eigenvalue weighted by Gasteiger charge is 2.33. The molecule has 0 saturated carbocycles. The Hall–Kier alpha value is -4.31. The lowest BCUT2D eigenvalue weighted by Gasteiger charge is -2.39. The molecule has 0 bridgehead atoms. The topological polar surface area (TPSA) is 107 Å². The van der Waals surface area contributed by atoms with E-state index in [2.05, 4.69) is 9.71 Å². The SMILES string of the molecule is COc1cc(C(=O)N2CC(Oc3ccccc3OC)C2)ccc1NS(=O)(=O)c1cccc2cccnc12. The van der Waals surface area contributed by atoms with Gasteiger partial charge in [0, 0.05) is 17.1 Å². The van der Waals surface area contributed by atoms with Gasteiger partial charge in [-0.1, -0.05) is 30.3 Å². The minimum atomic E-state index is -3.97. The Morgan fingerprint density at radius 2 is 1.65 bits per heavy atom. The second-order valence-corrected chi connectivity index (χ2v) is 10.1. The first-order valence-electron chi connectivity index (χ1n) is 11.5. The summed E-state index contributed by atoms with van der Waals surface area (Å²) in [4.78, 5) is 19.0. The van der Waals surface area contributed by atoms with E-state index in [4.69, 9.17) is 14.2 Å². The lowest BCUT2D eigenvalue weighted by atomic mass is 10.1. The van der Waals surface area contributed by atoms with Gasteiger partial charge >= 0.3 is 0 Å². The van der Waals surface area contributed by atoms with Crippen molar-refractivity contribution in [2.45, 2.75) is 11.0 Å². The molecule has 2 heterocycles. The number of sulfonamides is 1. The molecular weight excluding hydrogens is 494 g/mol. The van der Waals surface area contributed by atoms with Gasteiger partial charge < -0.3 is 19.1 Å². The fourth-order valence-corrected chi connectivity index (χ4v) is 5.41. The van der Waals surface area contributed by atoms with E-state index < -0.39 is 10.0 Å². The number of hydrogen-bond donors (Lipinski definition) is 1. The number of benzene rings is 3. The quantitative estimate of drug-likeness (QED) is 0.376. The number of methoxy groups -OCH3 is 2. The van der Waals surface area contributed by atoms with Gasteiger partial charge in [-0.15, -0.1) is 0 Å². The highest BCUT2D eigenvalue weighted by atomic mass is 32.2. The normalized spacial score (nSPS) is 13.6. The maximum atomic E-state index is 13.2. The van der Waals surface area contributed by atoms with Gasteiger partial charge in [0.1, 0.15) is 16.7 Å². The number of nitrogens with one attached hydrogen (secondary N) is 1. The number of para-hydroxylation sites is 3. The van der Waals surface area contributed by atoms with Gasteiger partial charge in [0.05, 0.1) is 38.5 Å². The Balaban J connectivity index is 1.29. The fraction of sp³-hybridized carbons (Fsp3) is 0.185. The van der Waals surface area contributed by atoms with Gasteiger partial charge in [0.2, 0.25) is 0 Å². The molecule has 1 aliphatic rings. The number of fused-ring (bicyclic) bond motifs is 1. The third-order valence-electron chi connectivity index (χ3n) is 6.08. The summed E-state index contributed by atoms with van der Waals surface area (Å²) in [5.41, 5.74) is 0.960. The zero-order valence-corrected chi connectivity index (χ0v) is 21.1. The van der Waals surface area contributed by atoms with E-state index >= 15 is 0 Å². The number of ether oxygens (including phenoxy) is 3. The van der Waals surface area contributed by atoms with Crippen molar-refractivity contribution < 1.29 is 27.4 Å². The summed E-state index contributed by atoms with van der Waals surface area (Å²) in [6.45, 7) is 0.837. The molecule has 0 unspecified atom stereocenters. The van der Waals surface area contributed by atoms with Crippen LogP contribution in [0.25, 0.3) is 10.9 Å². The second kappa shape index (κ2) is 9.98. The highest BCUT2D eigenvalue weighted by molar-refractivity contribution is 7.93. The van der Waals surface area contributed by atoms with E-state index in [1.54, 1.807) is 48.5 Å². The van der Waals surface area contributed by atoms with Crippen molar-refractivity contribution in [1.82, 2.24) is 9.88 Å². The highest BCUT2D eigenvalue weighted by Crippen LogP contribution is 2.32. The Morgan fingerprint density at radius 3 is 2.41 bits per heavy atom. The molecule has 0 atom stereocenters. The van der Waals surface area contributed by atoms with E-state index in [0.29, 0.717) is 41.1 Å². The van der Waals surface area contributed by atoms with E-state index in [-0.39, 0.29) is 28.3 Å². The summed E-state index contributed by atoms with van der Waals surface area (Å²) in [6.07, 6.45) is 1.40. The van der Waals surface area contributed by atoms with Gasteiger partial charge in [-0.05, 0) is 42.5 Å². The molecule has 1 aromatic heterocycles. The van der Waals surface area contributed by atoms with Gasteiger partial charge in [0.15, 0.2) is 11.5 Å². The summed E-state index contributed by atoms with van der Waals surface area (Å²) < 4.78 is 45.6. The monoisotopic (exact) mass is 519 g/mol. The Morgan fingerprint density at radius 1 is 0.919 bits per heavy atom. The molecule has 0 spiro atoms. The number of hydrogen-bond acceptors (Lipinski definition) is 7. The molecule has 1 saturated heterocycles. The average Bonchev–Trinajstić information content (AvgIpc) is 2.90. The van der Waals surface area contributed by atoms with Gasteiger partial charge in [-0.2, -0.15) is 0 Å².